The van der Waals surface area contributed by atoms with E-state index in [-0.39, 0.29) is 0 Å². The van der Waals surface area contributed by atoms with Crippen LogP contribution in [0.3, 0.4) is 0 Å². The number of piperidine rings is 1. The molecule has 1 atom stereocenters. The van der Waals surface area contributed by atoms with Gasteiger partial charge in [-0.25, -0.2) is 13.8 Å². The Morgan fingerprint density at radius 2 is 1.73 bits per heavy atom. The minimum Gasteiger partial charge on any atom is -0.326 e. The maximum atomic E-state index is 13.6. The van der Waals surface area contributed by atoms with Crippen molar-refractivity contribution in [2.75, 3.05) is 38.0 Å². The molecule has 272 valence electrons. The molecule has 8 nitrogen and oxygen atoms in total. The number of hydrogen-bond donors (Lipinski definition) is 1. The number of rotatable bonds is 5. The van der Waals surface area contributed by atoms with E-state index in [9.17, 15) is 8.78 Å². The first-order valence-electron chi connectivity index (χ1n) is 18.9. The summed E-state index contributed by atoms with van der Waals surface area (Å²) in [6.45, 7) is 15.8. The summed E-state index contributed by atoms with van der Waals surface area (Å²) in [4.78, 5) is 15.0. The monoisotopic (exact) mass is 704 g/mol. The number of hydrogen-bond acceptors (Lipinski definition) is 6. The summed E-state index contributed by atoms with van der Waals surface area (Å²) in [5.74, 6) is 0.314. The number of benzene rings is 2. The lowest BCUT2D eigenvalue weighted by Crippen LogP contribution is -2.59. The van der Waals surface area contributed by atoms with E-state index in [1.807, 2.05) is 24.9 Å². The van der Waals surface area contributed by atoms with Crippen LogP contribution in [0, 0.1) is 29.9 Å². The second-order valence-electron chi connectivity index (χ2n) is 15.8. The number of aromatic nitrogens is 5. The van der Waals surface area contributed by atoms with Gasteiger partial charge in [0.2, 0.25) is 5.95 Å². The van der Waals surface area contributed by atoms with Crippen molar-refractivity contribution in [2.45, 2.75) is 71.9 Å². The van der Waals surface area contributed by atoms with Crippen LogP contribution in [0.1, 0.15) is 67.1 Å². The Kier molecular flexibility index (Phi) is 9.46. The van der Waals surface area contributed by atoms with Gasteiger partial charge in [0.15, 0.2) is 0 Å². The maximum absolute atomic E-state index is 13.6. The zero-order valence-corrected chi connectivity index (χ0v) is 30.8. The fourth-order valence-electron chi connectivity index (χ4n) is 8.78. The molecule has 8 rings (SSSR count). The van der Waals surface area contributed by atoms with Crippen molar-refractivity contribution in [1.29, 1.82) is 0 Å². The molecule has 1 spiro atoms. The maximum Gasteiger partial charge on any atom is 0.208 e. The molecule has 0 aliphatic carbocycles. The molecule has 3 aliphatic rings. The Morgan fingerprint density at radius 1 is 0.942 bits per heavy atom. The van der Waals surface area contributed by atoms with Gasteiger partial charge in [-0.15, -0.1) is 0 Å². The highest BCUT2D eigenvalue weighted by atomic mass is 19.1. The van der Waals surface area contributed by atoms with E-state index >= 15 is 0 Å². The van der Waals surface area contributed by atoms with Gasteiger partial charge in [0, 0.05) is 74.0 Å². The van der Waals surface area contributed by atoms with Crippen LogP contribution < -0.4 is 5.32 Å². The number of imidazole rings is 1. The molecule has 2 bridgehead atoms. The number of aryl methyl sites for hydroxylation is 2. The zero-order valence-electron chi connectivity index (χ0n) is 30.8. The average molecular weight is 705 g/mol. The molecule has 52 heavy (non-hydrogen) atoms. The van der Waals surface area contributed by atoms with Gasteiger partial charge in [0.25, 0.3) is 0 Å². The minimum atomic E-state index is -0.496. The largest absolute Gasteiger partial charge is 0.326 e. The molecule has 1 N–H and O–H groups in total. The summed E-state index contributed by atoms with van der Waals surface area (Å²) < 4.78 is 31.6. The van der Waals surface area contributed by atoms with Crippen molar-refractivity contribution in [3.05, 3.63) is 101 Å². The van der Waals surface area contributed by atoms with Crippen molar-refractivity contribution in [3.63, 3.8) is 0 Å². The predicted molar refractivity (Wildman–Crippen MR) is 204 cm³/mol. The van der Waals surface area contributed by atoms with Gasteiger partial charge in [0.05, 0.1) is 22.9 Å². The minimum absolute atomic E-state index is 0.380. The Morgan fingerprint density at radius 3 is 2.52 bits per heavy atom. The van der Waals surface area contributed by atoms with E-state index in [1.54, 1.807) is 0 Å². The molecule has 2 fully saturated rings. The first kappa shape index (κ1) is 34.7. The van der Waals surface area contributed by atoms with Crippen molar-refractivity contribution in [1.82, 2.24) is 34.1 Å². The number of anilines is 1. The van der Waals surface area contributed by atoms with Gasteiger partial charge < -0.3 is 14.8 Å². The number of likely N-dealkylation sites (tertiary alicyclic amines) is 2. The second kappa shape index (κ2) is 14.2. The van der Waals surface area contributed by atoms with Crippen molar-refractivity contribution < 1.29 is 8.78 Å². The summed E-state index contributed by atoms with van der Waals surface area (Å²) in [5, 5.41) is 8.21. The molecule has 5 aromatic rings. The highest BCUT2D eigenvalue weighted by Gasteiger charge is 2.44. The second-order valence-corrected chi connectivity index (χ2v) is 15.8. The van der Waals surface area contributed by atoms with E-state index in [2.05, 4.69) is 68.6 Å². The Balaban J connectivity index is 0.955. The molecule has 2 aromatic carbocycles. The Labute approximate surface area is 305 Å². The van der Waals surface area contributed by atoms with Gasteiger partial charge in [0.1, 0.15) is 11.6 Å². The third-order valence-corrected chi connectivity index (χ3v) is 11.6. The summed E-state index contributed by atoms with van der Waals surface area (Å²) in [6.07, 6.45) is 9.32. The van der Waals surface area contributed by atoms with Gasteiger partial charge >= 0.3 is 0 Å². The molecule has 6 heterocycles. The molecule has 0 amide bonds. The SMILES string of the molecule is C=C1Nc2nc3ccc(CN4CC5(CCN(CCc6cc(F)cc(F)c6)CC5)C4)cc3n2C[C@H](C)CCCCc2c(cnn2C)-c2cc1cc(C)n2. The van der Waals surface area contributed by atoms with Crippen LogP contribution >= 0.6 is 0 Å². The van der Waals surface area contributed by atoms with Crippen molar-refractivity contribution >= 4 is 22.7 Å². The number of nitrogens with zero attached hydrogens (tertiary/aromatic N) is 7. The summed E-state index contributed by atoms with van der Waals surface area (Å²) in [5.41, 5.74) is 10.6. The lowest BCUT2D eigenvalue weighted by Gasteiger charge is -2.54. The van der Waals surface area contributed by atoms with Crippen LogP contribution in [0.4, 0.5) is 14.7 Å². The summed E-state index contributed by atoms with van der Waals surface area (Å²) >= 11 is 0. The van der Waals surface area contributed by atoms with Crippen LogP contribution in [0.15, 0.2) is 61.3 Å². The fraction of sp³-hybridized carbons (Fsp3) is 0.452. The van der Waals surface area contributed by atoms with Crippen LogP contribution in [0.2, 0.25) is 0 Å². The number of halogens is 2. The van der Waals surface area contributed by atoms with Gasteiger partial charge in [-0.1, -0.05) is 26.0 Å². The molecule has 0 unspecified atom stereocenters. The number of fused-ring (bicyclic) bond motifs is 7. The van der Waals surface area contributed by atoms with Gasteiger partial charge in [-0.2, -0.15) is 5.10 Å². The molecular weight excluding hydrogens is 655 g/mol. The van der Waals surface area contributed by atoms with E-state index < -0.39 is 11.6 Å². The lowest BCUT2D eigenvalue weighted by molar-refractivity contribution is -0.0508. The Bertz CT molecular complexity index is 2080. The molecule has 3 aliphatic heterocycles. The van der Waals surface area contributed by atoms with Crippen LogP contribution in [0.25, 0.3) is 28.0 Å². The van der Waals surface area contributed by atoms with Crippen LogP contribution in [-0.4, -0.2) is 66.8 Å². The zero-order chi connectivity index (χ0) is 36.0. The Hall–Kier alpha value is -4.41. The van der Waals surface area contributed by atoms with Crippen molar-refractivity contribution in [2.24, 2.45) is 18.4 Å². The number of nitrogens with one attached hydrogen (secondary N) is 1. The van der Waals surface area contributed by atoms with Crippen molar-refractivity contribution in [3.8, 4) is 11.3 Å². The standard InChI is InChI=1S/C42H50F2N8/c1-28-7-5-6-8-39-36(23-45-49(39)4)38-21-33(17-29(2)46-38)30(3)47-41-48-37-10-9-32(20-40(37)52(41)24-28)25-51-26-42(27-51)12-15-50(16-13-42)14-11-31-18-34(43)22-35(44)19-31/h9-10,17-23,28H,3,5-8,11-16,24-27H2,1-2,4H3,(H,47,48)/t28-/m1/s1. The first-order valence-corrected chi connectivity index (χ1v) is 18.9. The highest BCUT2D eigenvalue weighted by Crippen LogP contribution is 2.41. The van der Waals surface area contributed by atoms with Gasteiger partial charge in [-0.3, -0.25) is 14.6 Å². The molecular formula is C42H50F2N8. The molecule has 3 aromatic heterocycles. The lowest BCUT2D eigenvalue weighted by atomic mass is 9.72. The summed E-state index contributed by atoms with van der Waals surface area (Å²) in [7, 11) is 2.03. The van der Waals surface area contributed by atoms with Gasteiger partial charge in [-0.05, 0) is 117 Å². The van der Waals surface area contributed by atoms with E-state index in [0.29, 0.717) is 17.8 Å². The smallest absolute Gasteiger partial charge is 0.208 e. The average Bonchev–Trinajstić information content (AvgIpc) is 3.63. The number of pyridine rings is 1. The third kappa shape index (κ3) is 7.28. The van der Waals surface area contributed by atoms with E-state index in [0.717, 1.165) is 128 Å². The fourth-order valence-corrected chi connectivity index (χ4v) is 8.78. The predicted octanol–water partition coefficient (Wildman–Crippen LogP) is 8.00. The van der Waals surface area contributed by atoms with Crippen LogP contribution in [0.5, 0.6) is 0 Å². The topological polar surface area (TPSA) is 67.0 Å². The molecule has 0 saturated carbocycles. The first-order chi connectivity index (χ1) is 25.1. The normalized spacial score (nSPS) is 19.8. The van der Waals surface area contributed by atoms with E-state index in [4.69, 9.17) is 9.97 Å². The molecule has 10 heteroatoms. The quantitative estimate of drug-likeness (QED) is 0.200. The highest BCUT2D eigenvalue weighted by molar-refractivity contribution is 5.83. The third-order valence-electron chi connectivity index (χ3n) is 11.6. The molecule has 2 saturated heterocycles. The summed E-state index contributed by atoms with van der Waals surface area (Å²) in [6, 6.07) is 14.8. The molecule has 0 radical (unpaired) electrons. The van der Waals surface area contributed by atoms with Crippen LogP contribution in [-0.2, 0) is 33.0 Å². The van der Waals surface area contributed by atoms with E-state index in [1.165, 1.54) is 36.2 Å².